The summed E-state index contributed by atoms with van der Waals surface area (Å²) in [5.41, 5.74) is 1.81. The van der Waals surface area contributed by atoms with Gasteiger partial charge in [-0.3, -0.25) is 4.79 Å². The first-order valence-corrected chi connectivity index (χ1v) is 12.8. The lowest BCUT2D eigenvalue weighted by molar-refractivity contribution is -0.126. The van der Waals surface area contributed by atoms with Gasteiger partial charge in [0.1, 0.15) is 5.82 Å². The topological polar surface area (TPSA) is 91.8 Å². The smallest absolute Gasteiger partial charge is 0.236 e. The van der Waals surface area contributed by atoms with Gasteiger partial charge >= 0.3 is 0 Å². The van der Waals surface area contributed by atoms with E-state index in [1.807, 2.05) is 42.5 Å². The number of anilines is 1. The van der Waals surface area contributed by atoms with Gasteiger partial charge in [0.15, 0.2) is 0 Å². The van der Waals surface area contributed by atoms with Gasteiger partial charge in [-0.15, -0.1) is 0 Å². The molecule has 4 rings (SSSR count). The molecule has 0 aliphatic carbocycles. The molecule has 33 heavy (non-hydrogen) atoms. The minimum absolute atomic E-state index is 0.0383. The van der Waals surface area contributed by atoms with Gasteiger partial charge in [0.25, 0.3) is 0 Å². The molecular weight excluding hydrogens is 440 g/mol. The first-order chi connectivity index (χ1) is 16.0. The fourth-order valence-corrected chi connectivity index (χ4v) is 5.36. The van der Waals surface area contributed by atoms with Crippen LogP contribution in [0.25, 0.3) is 6.08 Å². The number of morpholine rings is 1. The Morgan fingerprint density at radius 2 is 1.79 bits per heavy atom. The fourth-order valence-electron chi connectivity index (χ4n) is 4.14. The number of nitrogens with one attached hydrogen (secondary N) is 1. The number of hydrogen-bond acceptors (Lipinski definition) is 6. The Balaban J connectivity index is 1.29. The number of benzene rings is 1. The minimum atomic E-state index is -3.51. The van der Waals surface area contributed by atoms with E-state index in [0.29, 0.717) is 45.7 Å². The van der Waals surface area contributed by atoms with Crippen LogP contribution in [-0.4, -0.2) is 63.0 Å². The average Bonchev–Trinajstić information content (AvgIpc) is 2.87. The summed E-state index contributed by atoms with van der Waals surface area (Å²) in [6, 6.07) is 13.2. The van der Waals surface area contributed by atoms with Crippen LogP contribution in [0.4, 0.5) is 5.82 Å². The lowest BCUT2D eigenvalue weighted by Crippen LogP contribution is -2.42. The van der Waals surface area contributed by atoms with Crippen LogP contribution in [-0.2, 0) is 26.1 Å². The highest BCUT2D eigenvalue weighted by molar-refractivity contribution is 7.92. The second kappa shape index (κ2) is 10.9. The molecule has 0 saturated carbocycles. The van der Waals surface area contributed by atoms with E-state index >= 15 is 0 Å². The summed E-state index contributed by atoms with van der Waals surface area (Å²) >= 11 is 0. The number of rotatable bonds is 7. The van der Waals surface area contributed by atoms with Gasteiger partial charge in [0.2, 0.25) is 15.9 Å². The lowest BCUT2D eigenvalue weighted by Gasteiger charge is -2.30. The quantitative estimate of drug-likeness (QED) is 0.667. The van der Waals surface area contributed by atoms with Crippen molar-refractivity contribution >= 4 is 27.8 Å². The van der Waals surface area contributed by atoms with Crippen molar-refractivity contribution in [2.45, 2.75) is 19.4 Å². The highest BCUT2D eigenvalue weighted by Gasteiger charge is 2.30. The molecule has 1 amide bonds. The van der Waals surface area contributed by atoms with Crippen molar-refractivity contribution in [3.05, 3.63) is 65.2 Å². The van der Waals surface area contributed by atoms with Crippen LogP contribution in [0.5, 0.6) is 0 Å². The van der Waals surface area contributed by atoms with E-state index in [4.69, 9.17) is 4.74 Å². The van der Waals surface area contributed by atoms with Gasteiger partial charge in [0.05, 0.1) is 13.2 Å². The Morgan fingerprint density at radius 1 is 1.06 bits per heavy atom. The van der Waals surface area contributed by atoms with E-state index in [9.17, 15) is 13.2 Å². The molecule has 0 bridgehead atoms. The third kappa shape index (κ3) is 6.19. The summed E-state index contributed by atoms with van der Waals surface area (Å²) in [6.45, 7) is 3.98. The Morgan fingerprint density at radius 3 is 2.52 bits per heavy atom. The fraction of sp³-hybridized carbons (Fsp3) is 0.417. The molecule has 1 aromatic heterocycles. The molecule has 2 aromatic rings. The largest absolute Gasteiger partial charge is 0.378 e. The molecule has 8 nitrogen and oxygen atoms in total. The summed E-state index contributed by atoms with van der Waals surface area (Å²) in [5, 5.41) is 4.28. The molecule has 1 N–H and O–H groups in total. The van der Waals surface area contributed by atoms with E-state index in [0.717, 1.165) is 30.0 Å². The Labute approximate surface area is 195 Å². The first kappa shape index (κ1) is 23.4. The molecule has 1 aromatic carbocycles. The first-order valence-electron chi connectivity index (χ1n) is 11.3. The van der Waals surface area contributed by atoms with Gasteiger partial charge in [0, 0.05) is 55.8 Å². The van der Waals surface area contributed by atoms with Gasteiger partial charge < -0.3 is 15.0 Å². The number of pyridine rings is 1. The molecule has 3 heterocycles. The number of aromatic nitrogens is 1. The average molecular weight is 471 g/mol. The van der Waals surface area contributed by atoms with Crippen molar-refractivity contribution < 1.29 is 17.9 Å². The van der Waals surface area contributed by atoms with Crippen molar-refractivity contribution in [1.29, 1.82) is 0 Å². The number of amides is 1. The van der Waals surface area contributed by atoms with Gasteiger partial charge in [-0.2, -0.15) is 4.31 Å². The molecule has 0 radical (unpaired) electrons. The van der Waals surface area contributed by atoms with Crippen molar-refractivity contribution in [2.24, 2.45) is 5.92 Å². The van der Waals surface area contributed by atoms with Gasteiger partial charge in [-0.1, -0.05) is 36.4 Å². The number of carbonyl (C=O) groups excluding carboxylic acids is 1. The zero-order valence-electron chi connectivity index (χ0n) is 18.6. The zero-order chi connectivity index (χ0) is 23.1. The van der Waals surface area contributed by atoms with Crippen molar-refractivity contribution in [3.8, 4) is 0 Å². The molecule has 0 atom stereocenters. The molecule has 176 valence electrons. The van der Waals surface area contributed by atoms with E-state index < -0.39 is 10.0 Å². The van der Waals surface area contributed by atoms with E-state index in [2.05, 4.69) is 15.2 Å². The standard InChI is InChI=1S/C24H30N4O4S/c29-24(26-19-22-7-4-11-25-23(22)27-14-16-32-17-15-27)21-8-12-28(13-9-21)33(30,31)18-10-20-5-2-1-3-6-20/h1-7,10-11,18,21H,8-9,12-17,19H2,(H,26,29)/b18-10+. The van der Waals surface area contributed by atoms with Crippen LogP contribution >= 0.6 is 0 Å². The Kier molecular flexibility index (Phi) is 7.74. The maximum Gasteiger partial charge on any atom is 0.236 e. The molecule has 2 fully saturated rings. The van der Waals surface area contributed by atoms with Crippen LogP contribution in [0.15, 0.2) is 54.1 Å². The summed E-state index contributed by atoms with van der Waals surface area (Å²) in [4.78, 5) is 19.5. The lowest BCUT2D eigenvalue weighted by atomic mass is 9.97. The van der Waals surface area contributed by atoms with Gasteiger partial charge in [-0.05, 0) is 30.5 Å². The summed E-state index contributed by atoms with van der Waals surface area (Å²) in [5.74, 6) is 0.647. The maximum atomic E-state index is 12.8. The number of hydrogen-bond donors (Lipinski definition) is 1. The monoisotopic (exact) mass is 470 g/mol. The zero-order valence-corrected chi connectivity index (χ0v) is 19.4. The molecule has 2 aliphatic heterocycles. The Bertz CT molecular complexity index is 1060. The van der Waals surface area contributed by atoms with E-state index in [1.165, 1.54) is 9.71 Å². The SMILES string of the molecule is O=C(NCc1cccnc1N1CCOCC1)C1CCN(S(=O)(=O)/C=C/c2ccccc2)CC1. The second-order valence-electron chi connectivity index (χ2n) is 8.24. The second-order valence-corrected chi connectivity index (χ2v) is 10.1. The third-order valence-corrected chi connectivity index (χ3v) is 7.61. The highest BCUT2D eigenvalue weighted by atomic mass is 32.2. The molecular formula is C24H30N4O4S. The summed E-state index contributed by atoms with van der Waals surface area (Å²) in [6.07, 6.45) is 4.38. The highest BCUT2D eigenvalue weighted by Crippen LogP contribution is 2.22. The van der Waals surface area contributed by atoms with Crippen LogP contribution in [0.3, 0.4) is 0 Å². The summed E-state index contributed by atoms with van der Waals surface area (Å²) < 4.78 is 32.2. The summed E-state index contributed by atoms with van der Waals surface area (Å²) in [7, 11) is -3.51. The third-order valence-electron chi connectivity index (χ3n) is 6.05. The van der Waals surface area contributed by atoms with Crippen LogP contribution in [0, 0.1) is 5.92 Å². The van der Waals surface area contributed by atoms with E-state index in [1.54, 1.807) is 12.3 Å². The molecule has 0 spiro atoms. The number of carbonyl (C=O) groups is 1. The molecule has 9 heteroatoms. The maximum absolute atomic E-state index is 12.8. The normalized spacial score (nSPS) is 18.5. The Hall–Kier alpha value is -2.75. The predicted octanol–water partition coefficient (Wildman–Crippen LogP) is 2.25. The number of nitrogens with zero attached hydrogens (tertiary/aromatic N) is 3. The van der Waals surface area contributed by atoms with Crippen LogP contribution in [0.1, 0.15) is 24.0 Å². The predicted molar refractivity (Wildman–Crippen MR) is 128 cm³/mol. The van der Waals surface area contributed by atoms with Crippen molar-refractivity contribution in [2.75, 3.05) is 44.3 Å². The van der Waals surface area contributed by atoms with Gasteiger partial charge in [-0.25, -0.2) is 13.4 Å². The minimum Gasteiger partial charge on any atom is -0.378 e. The van der Waals surface area contributed by atoms with Crippen molar-refractivity contribution in [1.82, 2.24) is 14.6 Å². The number of piperidine rings is 1. The number of ether oxygens (including phenoxy) is 1. The molecule has 0 unspecified atom stereocenters. The van der Waals surface area contributed by atoms with Crippen molar-refractivity contribution in [3.63, 3.8) is 0 Å². The molecule has 2 saturated heterocycles. The molecule has 2 aliphatic rings. The van der Waals surface area contributed by atoms with Crippen LogP contribution < -0.4 is 10.2 Å². The van der Waals surface area contributed by atoms with E-state index in [-0.39, 0.29) is 11.8 Å². The van der Waals surface area contributed by atoms with Crippen LogP contribution in [0.2, 0.25) is 0 Å². The number of sulfonamides is 1.